The smallest absolute Gasteiger partial charge is 0.255 e. The topological polar surface area (TPSA) is 48.5 Å². The summed E-state index contributed by atoms with van der Waals surface area (Å²) >= 11 is 5.92. The van der Waals surface area contributed by atoms with Crippen molar-refractivity contribution in [2.45, 2.75) is 6.92 Å². The van der Waals surface area contributed by atoms with E-state index in [1.807, 2.05) is 30.3 Å². The van der Waals surface area contributed by atoms with Gasteiger partial charge in [0.05, 0.1) is 5.52 Å². The Labute approximate surface area is 169 Å². The van der Waals surface area contributed by atoms with E-state index in [1.165, 1.54) is 11.3 Å². The van der Waals surface area contributed by atoms with Gasteiger partial charge in [0.2, 0.25) is 0 Å². The van der Waals surface area contributed by atoms with Gasteiger partial charge >= 0.3 is 0 Å². The summed E-state index contributed by atoms with van der Waals surface area (Å²) in [6, 6.07) is 15.1. The third-order valence-electron chi connectivity index (χ3n) is 5.22. The van der Waals surface area contributed by atoms with Gasteiger partial charge in [0.1, 0.15) is 5.15 Å². The molecule has 0 aliphatic carbocycles. The van der Waals surface area contributed by atoms with Crippen LogP contribution in [0, 0.1) is 6.92 Å². The van der Waals surface area contributed by atoms with E-state index in [1.54, 1.807) is 12.1 Å². The van der Waals surface area contributed by atoms with Gasteiger partial charge in [0.15, 0.2) is 0 Å². The van der Waals surface area contributed by atoms with Crippen LogP contribution >= 0.6 is 11.6 Å². The Kier molecular flexibility index (Phi) is 5.20. The lowest BCUT2D eigenvalue weighted by atomic mass is 10.1. The molecule has 144 valence electrons. The van der Waals surface area contributed by atoms with Crippen molar-refractivity contribution in [1.29, 1.82) is 0 Å². The zero-order chi connectivity index (χ0) is 19.7. The Morgan fingerprint density at radius 2 is 1.82 bits per heavy atom. The largest absolute Gasteiger partial charge is 0.369 e. The number of halogens is 1. The van der Waals surface area contributed by atoms with Gasteiger partial charge in [-0.3, -0.25) is 4.79 Å². The van der Waals surface area contributed by atoms with Crippen molar-refractivity contribution in [1.82, 2.24) is 9.88 Å². The van der Waals surface area contributed by atoms with E-state index in [0.29, 0.717) is 10.7 Å². The Morgan fingerprint density at radius 1 is 1.04 bits per heavy atom. The summed E-state index contributed by atoms with van der Waals surface area (Å²) in [4.78, 5) is 21.7. The number of amides is 1. The van der Waals surface area contributed by atoms with Crippen LogP contribution in [0.1, 0.15) is 15.9 Å². The van der Waals surface area contributed by atoms with Crippen LogP contribution in [0.15, 0.2) is 48.5 Å². The molecule has 28 heavy (non-hydrogen) atoms. The molecule has 2 heterocycles. The minimum atomic E-state index is -0.136. The number of aryl methyl sites for hydroxylation is 1. The van der Waals surface area contributed by atoms with E-state index in [-0.39, 0.29) is 5.91 Å². The predicted octanol–water partition coefficient (Wildman–Crippen LogP) is 4.20. The second-order valence-electron chi connectivity index (χ2n) is 7.29. The number of pyridine rings is 1. The third-order valence-corrected chi connectivity index (χ3v) is 5.43. The summed E-state index contributed by atoms with van der Waals surface area (Å²) < 4.78 is 0. The lowest BCUT2D eigenvalue weighted by molar-refractivity contribution is 0.102. The number of benzene rings is 2. The van der Waals surface area contributed by atoms with Crippen LogP contribution in [0.25, 0.3) is 10.9 Å². The summed E-state index contributed by atoms with van der Waals surface area (Å²) in [5, 5.41) is 4.33. The summed E-state index contributed by atoms with van der Waals surface area (Å²) in [5.74, 6) is -0.136. The zero-order valence-corrected chi connectivity index (χ0v) is 16.8. The van der Waals surface area contributed by atoms with Gasteiger partial charge in [-0.25, -0.2) is 4.98 Å². The molecule has 6 heteroatoms. The number of hydrogen-bond donors (Lipinski definition) is 1. The Morgan fingerprint density at radius 3 is 2.57 bits per heavy atom. The first-order chi connectivity index (χ1) is 13.5. The number of nitrogens with zero attached hydrogens (tertiary/aromatic N) is 3. The van der Waals surface area contributed by atoms with E-state index in [0.717, 1.165) is 42.8 Å². The SMILES string of the molecule is Cc1cc(NC(=O)c2ccc3nc(Cl)ccc3c2)ccc1N1CCN(C)CC1. The molecule has 0 saturated carbocycles. The molecule has 1 aromatic heterocycles. The fraction of sp³-hybridized carbons (Fsp3) is 0.273. The van der Waals surface area contributed by atoms with Crippen molar-refractivity contribution < 1.29 is 4.79 Å². The van der Waals surface area contributed by atoms with Gasteiger partial charge in [0.25, 0.3) is 5.91 Å². The maximum Gasteiger partial charge on any atom is 0.255 e. The number of carbonyl (C=O) groups excluding carboxylic acids is 1. The van der Waals surface area contributed by atoms with Crippen LogP contribution in [0.2, 0.25) is 5.15 Å². The highest BCUT2D eigenvalue weighted by Crippen LogP contribution is 2.25. The number of aromatic nitrogens is 1. The van der Waals surface area contributed by atoms with Crippen molar-refractivity contribution in [3.8, 4) is 0 Å². The van der Waals surface area contributed by atoms with Crippen molar-refractivity contribution in [3.05, 3.63) is 64.8 Å². The van der Waals surface area contributed by atoms with Crippen LogP contribution in [0.4, 0.5) is 11.4 Å². The molecule has 0 bridgehead atoms. The molecule has 0 unspecified atom stereocenters. The van der Waals surface area contributed by atoms with Crippen LogP contribution in [-0.2, 0) is 0 Å². The van der Waals surface area contributed by atoms with Gasteiger partial charge in [0, 0.05) is 48.5 Å². The third kappa shape index (κ3) is 3.96. The van der Waals surface area contributed by atoms with E-state index in [9.17, 15) is 4.79 Å². The molecule has 1 N–H and O–H groups in total. The molecule has 0 radical (unpaired) electrons. The first-order valence-corrected chi connectivity index (χ1v) is 9.79. The minimum absolute atomic E-state index is 0.136. The summed E-state index contributed by atoms with van der Waals surface area (Å²) in [7, 11) is 2.15. The second-order valence-corrected chi connectivity index (χ2v) is 7.67. The van der Waals surface area contributed by atoms with E-state index in [2.05, 4.69) is 40.1 Å². The summed E-state index contributed by atoms with van der Waals surface area (Å²) in [6.45, 7) is 6.28. The zero-order valence-electron chi connectivity index (χ0n) is 16.1. The van der Waals surface area contributed by atoms with Gasteiger partial charge < -0.3 is 15.1 Å². The molecule has 2 aromatic carbocycles. The number of hydrogen-bond acceptors (Lipinski definition) is 4. The number of nitrogens with one attached hydrogen (secondary N) is 1. The first kappa shape index (κ1) is 18.7. The molecule has 1 saturated heterocycles. The maximum atomic E-state index is 12.7. The van der Waals surface area contributed by atoms with Crippen molar-refractivity contribution in [2.24, 2.45) is 0 Å². The van der Waals surface area contributed by atoms with Gasteiger partial charge in [-0.1, -0.05) is 11.6 Å². The predicted molar refractivity (Wildman–Crippen MR) is 116 cm³/mol. The van der Waals surface area contributed by atoms with Crippen LogP contribution in [0.5, 0.6) is 0 Å². The van der Waals surface area contributed by atoms with Gasteiger partial charge in [-0.15, -0.1) is 0 Å². The Bertz CT molecular complexity index is 1030. The molecule has 5 nitrogen and oxygen atoms in total. The fourth-order valence-corrected chi connectivity index (χ4v) is 3.73. The summed E-state index contributed by atoms with van der Waals surface area (Å²) in [6.07, 6.45) is 0. The highest BCUT2D eigenvalue weighted by Gasteiger charge is 2.16. The summed E-state index contributed by atoms with van der Waals surface area (Å²) in [5.41, 5.74) is 4.57. The molecule has 1 aliphatic heterocycles. The van der Waals surface area contributed by atoms with Crippen LogP contribution in [0.3, 0.4) is 0 Å². The molecule has 1 aliphatic rings. The van der Waals surface area contributed by atoms with E-state index < -0.39 is 0 Å². The fourth-order valence-electron chi connectivity index (χ4n) is 3.58. The number of carbonyl (C=O) groups is 1. The highest BCUT2D eigenvalue weighted by atomic mass is 35.5. The minimum Gasteiger partial charge on any atom is -0.369 e. The molecular formula is C22H23ClN4O. The normalized spacial score (nSPS) is 15.0. The molecule has 0 atom stereocenters. The number of anilines is 2. The molecule has 4 rings (SSSR count). The quantitative estimate of drug-likeness (QED) is 0.676. The average Bonchev–Trinajstić information content (AvgIpc) is 2.68. The van der Waals surface area contributed by atoms with Crippen LogP contribution < -0.4 is 10.2 Å². The van der Waals surface area contributed by atoms with Crippen molar-refractivity contribution >= 4 is 39.8 Å². The molecular weight excluding hydrogens is 372 g/mol. The second kappa shape index (κ2) is 7.78. The Balaban J connectivity index is 1.50. The number of piperazine rings is 1. The lowest BCUT2D eigenvalue weighted by Gasteiger charge is -2.35. The highest BCUT2D eigenvalue weighted by molar-refractivity contribution is 6.29. The first-order valence-electron chi connectivity index (χ1n) is 9.41. The van der Waals surface area contributed by atoms with Crippen molar-refractivity contribution in [2.75, 3.05) is 43.4 Å². The number of likely N-dealkylation sites (N-methyl/N-ethyl adjacent to an activating group) is 1. The number of rotatable bonds is 3. The van der Waals surface area contributed by atoms with Crippen molar-refractivity contribution in [3.63, 3.8) is 0 Å². The maximum absolute atomic E-state index is 12.7. The molecule has 0 spiro atoms. The molecule has 1 amide bonds. The lowest BCUT2D eigenvalue weighted by Crippen LogP contribution is -2.44. The molecule has 3 aromatic rings. The number of fused-ring (bicyclic) bond motifs is 1. The Hall–Kier alpha value is -2.63. The van der Waals surface area contributed by atoms with Crippen LogP contribution in [-0.4, -0.2) is 49.0 Å². The van der Waals surface area contributed by atoms with E-state index >= 15 is 0 Å². The van der Waals surface area contributed by atoms with Gasteiger partial charge in [-0.05, 0) is 68.1 Å². The molecule has 1 fully saturated rings. The van der Waals surface area contributed by atoms with E-state index in [4.69, 9.17) is 11.6 Å². The standard InChI is InChI=1S/C22H23ClN4O/c1-15-13-18(5-7-20(15)27-11-9-26(2)10-12-27)24-22(28)17-3-6-19-16(14-17)4-8-21(23)25-19/h3-8,13-14H,9-12H2,1-2H3,(H,24,28). The van der Waals surface area contributed by atoms with Gasteiger partial charge in [-0.2, -0.15) is 0 Å². The monoisotopic (exact) mass is 394 g/mol. The average molecular weight is 395 g/mol.